The Morgan fingerprint density at radius 1 is 0.846 bits per heavy atom. The zero-order valence-corrected chi connectivity index (χ0v) is 16.9. The number of hydrogen-bond acceptors (Lipinski definition) is 4. The molecule has 0 saturated heterocycles. The van der Waals surface area contributed by atoms with Crippen molar-refractivity contribution in [1.29, 1.82) is 0 Å². The Balaban J connectivity index is 1.58. The van der Waals surface area contributed by atoms with Gasteiger partial charge in [-0.05, 0) is 61.3 Å². The first-order chi connectivity index (χ1) is 12.3. The summed E-state index contributed by atoms with van der Waals surface area (Å²) in [6.07, 6.45) is 8.19. The molecule has 1 N–H and O–H groups in total. The monoisotopic (exact) mass is 359 g/mol. The number of ether oxygens (including phenoxy) is 3. The molecule has 4 bridgehead atoms. The fraction of sp³-hybridized carbons (Fsp3) is 0.727. The molecule has 0 amide bonds. The van der Waals surface area contributed by atoms with Crippen molar-refractivity contribution in [3.8, 4) is 17.2 Å². The SMILES string of the molecule is COc1cc(OC)c(OC)cc1CNC12CC3CC(C)(CC(C)(C3)C1)C2. The molecule has 4 aliphatic carbocycles. The number of hydrogen-bond donors (Lipinski definition) is 1. The van der Waals surface area contributed by atoms with Gasteiger partial charge in [0.25, 0.3) is 0 Å². The van der Waals surface area contributed by atoms with Crippen LogP contribution >= 0.6 is 0 Å². The van der Waals surface area contributed by atoms with Crippen molar-refractivity contribution in [3.63, 3.8) is 0 Å². The predicted octanol–water partition coefficient (Wildman–Crippen LogP) is 4.55. The standard InChI is InChI=1S/C22H33NO3/c1-20-8-15-9-21(2,12-20)14-22(10-15,13-20)23-11-16-6-18(25-4)19(26-5)7-17(16)24-3/h6-7,15,23H,8-14H2,1-5H3. The molecule has 26 heavy (non-hydrogen) atoms. The van der Waals surface area contributed by atoms with Crippen LogP contribution in [-0.2, 0) is 6.54 Å². The largest absolute Gasteiger partial charge is 0.496 e. The Morgan fingerprint density at radius 2 is 1.42 bits per heavy atom. The molecular formula is C22H33NO3. The van der Waals surface area contributed by atoms with Gasteiger partial charge in [-0.25, -0.2) is 0 Å². The zero-order chi connectivity index (χ0) is 18.6. The van der Waals surface area contributed by atoms with Gasteiger partial charge in [-0.1, -0.05) is 13.8 Å². The highest BCUT2D eigenvalue weighted by molar-refractivity contribution is 5.50. The van der Waals surface area contributed by atoms with Crippen LogP contribution in [0, 0.1) is 16.7 Å². The molecule has 4 fully saturated rings. The van der Waals surface area contributed by atoms with Crippen molar-refractivity contribution in [2.45, 2.75) is 64.5 Å². The molecule has 2 atom stereocenters. The molecule has 0 aliphatic heterocycles. The number of methoxy groups -OCH3 is 3. The van der Waals surface area contributed by atoms with Gasteiger partial charge in [0.15, 0.2) is 11.5 Å². The second kappa shape index (κ2) is 6.05. The van der Waals surface area contributed by atoms with Crippen LogP contribution in [0.2, 0.25) is 0 Å². The molecule has 5 rings (SSSR count). The molecule has 1 aromatic carbocycles. The summed E-state index contributed by atoms with van der Waals surface area (Å²) in [5.41, 5.74) is 2.45. The van der Waals surface area contributed by atoms with E-state index in [1.807, 2.05) is 6.07 Å². The molecule has 144 valence electrons. The highest BCUT2D eigenvalue weighted by Crippen LogP contribution is 2.66. The maximum absolute atomic E-state index is 5.62. The Kier molecular flexibility index (Phi) is 4.18. The lowest BCUT2D eigenvalue weighted by Crippen LogP contribution is -2.63. The third kappa shape index (κ3) is 2.96. The summed E-state index contributed by atoms with van der Waals surface area (Å²) in [6.45, 7) is 5.84. The van der Waals surface area contributed by atoms with E-state index >= 15 is 0 Å². The molecule has 0 radical (unpaired) electrons. The first kappa shape index (κ1) is 18.0. The lowest BCUT2D eigenvalue weighted by Gasteiger charge is -2.65. The van der Waals surface area contributed by atoms with E-state index in [-0.39, 0.29) is 5.54 Å². The van der Waals surface area contributed by atoms with Gasteiger partial charge < -0.3 is 19.5 Å². The number of rotatable bonds is 6. The minimum Gasteiger partial charge on any atom is -0.496 e. The normalized spacial score (nSPS) is 37.7. The van der Waals surface area contributed by atoms with Gasteiger partial charge in [-0.2, -0.15) is 0 Å². The summed E-state index contributed by atoms with van der Waals surface area (Å²) in [4.78, 5) is 0. The minimum absolute atomic E-state index is 0.279. The van der Waals surface area contributed by atoms with E-state index in [9.17, 15) is 0 Å². The Morgan fingerprint density at radius 3 is 1.96 bits per heavy atom. The predicted molar refractivity (Wildman–Crippen MR) is 103 cm³/mol. The molecule has 0 heterocycles. The summed E-state index contributed by atoms with van der Waals surface area (Å²) in [6, 6.07) is 3.98. The molecule has 4 nitrogen and oxygen atoms in total. The molecule has 0 aromatic heterocycles. The molecule has 4 saturated carbocycles. The smallest absolute Gasteiger partial charge is 0.164 e. The third-order valence-electron chi connectivity index (χ3n) is 7.07. The zero-order valence-electron chi connectivity index (χ0n) is 16.9. The van der Waals surface area contributed by atoms with Gasteiger partial charge in [0.05, 0.1) is 21.3 Å². The fourth-order valence-corrected chi connectivity index (χ4v) is 7.16. The van der Waals surface area contributed by atoms with E-state index in [2.05, 4.69) is 25.2 Å². The molecule has 1 aromatic rings. The van der Waals surface area contributed by atoms with Crippen molar-refractivity contribution < 1.29 is 14.2 Å². The van der Waals surface area contributed by atoms with E-state index < -0.39 is 0 Å². The van der Waals surface area contributed by atoms with E-state index in [0.717, 1.165) is 29.5 Å². The average Bonchev–Trinajstić information content (AvgIpc) is 2.56. The second-order valence-electron chi connectivity index (χ2n) is 9.78. The summed E-state index contributed by atoms with van der Waals surface area (Å²) < 4.78 is 16.5. The first-order valence-corrected chi connectivity index (χ1v) is 9.86. The van der Waals surface area contributed by atoms with E-state index in [1.54, 1.807) is 21.3 Å². The Hall–Kier alpha value is -1.42. The topological polar surface area (TPSA) is 39.7 Å². The lowest BCUT2D eigenvalue weighted by atomic mass is 9.43. The van der Waals surface area contributed by atoms with Crippen molar-refractivity contribution in [1.82, 2.24) is 5.32 Å². The summed E-state index contributed by atoms with van der Waals surface area (Å²) in [5.74, 6) is 3.22. The summed E-state index contributed by atoms with van der Waals surface area (Å²) >= 11 is 0. The maximum Gasteiger partial charge on any atom is 0.164 e. The highest BCUT2D eigenvalue weighted by atomic mass is 16.5. The van der Waals surface area contributed by atoms with Crippen molar-refractivity contribution in [3.05, 3.63) is 17.7 Å². The molecule has 4 heteroatoms. The van der Waals surface area contributed by atoms with Crippen molar-refractivity contribution >= 4 is 0 Å². The quantitative estimate of drug-likeness (QED) is 0.809. The molecule has 4 aliphatic rings. The van der Waals surface area contributed by atoms with Crippen LogP contribution in [0.15, 0.2) is 12.1 Å². The summed E-state index contributed by atoms with van der Waals surface area (Å²) in [7, 11) is 5.06. The second-order valence-corrected chi connectivity index (χ2v) is 9.78. The van der Waals surface area contributed by atoms with Gasteiger partial charge in [0.2, 0.25) is 0 Å². The van der Waals surface area contributed by atoms with Gasteiger partial charge in [0, 0.05) is 23.7 Å². The van der Waals surface area contributed by atoms with E-state index in [0.29, 0.717) is 16.6 Å². The highest BCUT2D eigenvalue weighted by Gasteiger charge is 2.59. The summed E-state index contributed by atoms with van der Waals surface area (Å²) in [5, 5.41) is 3.98. The van der Waals surface area contributed by atoms with Crippen LogP contribution in [0.3, 0.4) is 0 Å². The fourth-order valence-electron chi connectivity index (χ4n) is 7.16. The van der Waals surface area contributed by atoms with Crippen molar-refractivity contribution in [2.24, 2.45) is 16.7 Å². The van der Waals surface area contributed by atoms with Crippen LogP contribution in [0.4, 0.5) is 0 Å². The number of nitrogens with one attached hydrogen (secondary N) is 1. The van der Waals surface area contributed by atoms with Crippen LogP contribution in [0.1, 0.15) is 57.9 Å². The maximum atomic E-state index is 5.62. The Labute approximate surface area is 157 Å². The van der Waals surface area contributed by atoms with Crippen LogP contribution in [0.25, 0.3) is 0 Å². The van der Waals surface area contributed by atoms with E-state index in [4.69, 9.17) is 14.2 Å². The van der Waals surface area contributed by atoms with Gasteiger partial charge in [-0.3, -0.25) is 0 Å². The van der Waals surface area contributed by atoms with Crippen LogP contribution in [-0.4, -0.2) is 26.9 Å². The molecular weight excluding hydrogens is 326 g/mol. The van der Waals surface area contributed by atoms with Gasteiger partial charge in [0.1, 0.15) is 5.75 Å². The van der Waals surface area contributed by atoms with Crippen LogP contribution in [0.5, 0.6) is 17.2 Å². The van der Waals surface area contributed by atoms with Gasteiger partial charge >= 0.3 is 0 Å². The first-order valence-electron chi connectivity index (χ1n) is 9.86. The number of benzene rings is 1. The third-order valence-corrected chi connectivity index (χ3v) is 7.07. The Bertz CT molecular complexity index is 683. The van der Waals surface area contributed by atoms with Gasteiger partial charge in [-0.15, -0.1) is 0 Å². The lowest BCUT2D eigenvalue weighted by molar-refractivity contribution is -0.118. The van der Waals surface area contributed by atoms with E-state index in [1.165, 1.54) is 38.5 Å². The van der Waals surface area contributed by atoms with Crippen LogP contribution < -0.4 is 19.5 Å². The molecule has 0 spiro atoms. The molecule has 2 unspecified atom stereocenters. The minimum atomic E-state index is 0.279. The van der Waals surface area contributed by atoms with Crippen molar-refractivity contribution in [2.75, 3.05) is 21.3 Å². The average molecular weight is 360 g/mol.